The van der Waals surface area contributed by atoms with Gasteiger partial charge in [-0.25, -0.2) is 4.98 Å². The molecule has 0 saturated heterocycles. The second-order valence-electron chi connectivity index (χ2n) is 4.94. The van der Waals surface area contributed by atoms with Gasteiger partial charge >= 0.3 is 0 Å². The average molecular weight is 251 g/mol. The van der Waals surface area contributed by atoms with Gasteiger partial charge in [-0.1, -0.05) is 27.7 Å². The van der Waals surface area contributed by atoms with Gasteiger partial charge in [-0.05, 0) is 25.9 Å². The lowest BCUT2D eigenvalue weighted by atomic mass is 10.0. The molecular weight excluding hydrogens is 226 g/mol. The second-order valence-corrected chi connectivity index (χ2v) is 4.94. The number of nitrogens with one attached hydrogen (secondary N) is 1. The van der Waals surface area contributed by atoms with Crippen molar-refractivity contribution in [3.05, 3.63) is 27.4 Å². The molecule has 4 nitrogen and oxygen atoms in total. The van der Waals surface area contributed by atoms with Crippen molar-refractivity contribution >= 4 is 0 Å². The zero-order valence-electron chi connectivity index (χ0n) is 12.2. The highest BCUT2D eigenvalue weighted by molar-refractivity contribution is 5.20. The highest BCUT2D eigenvalue weighted by Gasteiger charge is 2.11. The van der Waals surface area contributed by atoms with Crippen LogP contribution in [0.1, 0.15) is 50.7 Å². The SMILES string of the molecule is CCN(CC)CCc1nc(C)c(C(C)C)c(=O)[nH]1. The Morgan fingerprint density at radius 3 is 2.33 bits per heavy atom. The van der Waals surface area contributed by atoms with Crippen LogP contribution in [-0.2, 0) is 6.42 Å². The van der Waals surface area contributed by atoms with Crippen molar-refractivity contribution in [1.82, 2.24) is 14.9 Å². The van der Waals surface area contributed by atoms with Gasteiger partial charge in [-0.3, -0.25) is 4.79 Å². The van der Waals surface area contributed by atoms with Crippen LogP contribution in [0.2, 0.25) is 0 Å². The van der Waals surface area contributed by atoms with E-state index in [2.05, 4.69) is 28.7 Å². The number of aromatic nitrogens is 2. The topological polar surface area (TPSA) is 49.0 Å². The highest BCUT2D eigenvalue weighted by Crippen LogP contribution is 2.12. The van der Waals surface area contributed by atoms with Crippen LogP contribution in [0.4, 0.5) is 0 Å². The summed E-state index contributed by atoms with van der Waals surface area (Å²) in [4.78, 5) is 21.7. The van der Waals surface area contributed by atoms with Gasteiger partial charge in [0.25, 0.3) is 5.56 Å². The summed E-state index contributed by atoms with van der Waals surface area (Å²) in [5.74, 6) is 1.02. The molecule has 0 amide bonds. The van der Waals surface area contributed by atoms with E-state index in [4.69, 9.17) is 0 Å². The maximum absolute atomic E-state index is 12.0. The molecule has 0 aliphatic rings. The summed E-state index contributed by atoms with van der Waals surface area (Å²) in [6, 6.07) is 0. The molecule has 0 bridgehead atoms. The molecule has 1 rings (SSSR count). The first-order valence-corrected chi connectivity index (χ1v) is 6.81. The normalized spacial score (nSPS) is 11.5. The van der Waals surface area contributed by atoms with E-state index in [0.29, 0.717) is 0 Å². The van der Waals surface area contributed by atoms with Crippen LogP contribution in [0.3, 0.4) is 0 Å². The van der Waals surface area contributed by atoms with Crippen molar-refractivity contribution in [2.24, 2.45) is 0 Å². The van der Waals surface area contributed by atoms with Crippen LogP contribution in [0.5, 0.6) is 0 Å². The number of H-pyrrole nitrogens is 1. The molecule has 1 aromatic rings. The van der Waals surface area contributed by atoms with Gasteiger partial charge in [0.15, 0.2) is 0 Å². The molecule has 0 saturated carbocycles. The largest absolute Gasteiger partial charge is 0.310 e. The number of hydrogen-bond donors (Lipinski definition) is 1. The van der Waals surface area contributed by atoms with Crippen molar-refractivity contribution in [2.75, 3.05) is 19.6 Å². The van der Waals surface area contributed by atoms with Crippen molar-refractivity contribution < 1.29 is 0 Å². The minimum atomic E-state index is 0.0204. The summed E-state index contributed by atoms with van der Waals surface area (Å²) in [5.41, 5.74) is 1.69. The van der Waals surface area contributed by atoms with E-state index >= 15 is 0 Å². The molecule has 1 N–H and O–H groups in total. The molecule has 18 heavy (non-hydrogen) atoms. The number of nitrogens with zero attached hydrogens (tertiary/aromatic N) is 2. The lowest BCUT2D eigenvalue weighted by Gasteiger charge is -2.17. The Hall–Kier alpha value is -1.16. The quantitative estimate of drug-likeness (QED) is 0.842. The highest BCUT2D eigenvalue weighted by atomic mass is 16.1. The summed E-state index contributed by atoms with van der Waals surface area (Å²) in [6.07, 6.45) is 0.802. The smallest absolute Gasteiger partial charge is 0.254 e. The summed E-state index contributed by atoms with van der Waals surface area (Å²) in [5, 5.41) is 0. The van der Waals surface area contributed by atoms with E-state index in [0.717, 1.165) is 43.1 Å². The van der Waals surface area contributed by atoms with Crippen LogP contribution in [0.15, 0.2) is 4.79 Å². The van der Waals surface area contributed by atoms with Crippen molar-refractivity contribution in [3.63, 3.8) is 0 Å². The number of rotatable bonds is 6. The zero-order valence-corrected chi connectivity index (χ0v) is 12.2. The molecule has 0 aromatic carbocycles. The second kappa shape index (κ2) is 6.69. The molecule has 0 atom stereocenters. The molecule has 4 heteroatoms. The summed E-state index contributed by atoms with van der Waals surface area (Å²) in [6.45, 7) is 13.3. The molecule has 0 fully saturated rings. The molecule has 0 aliphatic heterocycles. The third-order valence-electron chi connectivity index (χ3n) is 3.33. The van der Waals surface area contributed by atoms with Gasteiger partial charge in [0, 0.05) is 24.2 Å². The Bertz CT molecular complexity index is 433. The molecule has 1 aromatic heterocycles. The molecule has 102 valence electrons. The molecule has 0 aliphatic carbocycles. The van der Waals surface area contributed by atoms with E-state index in [9.17, 15) is 4.79 Å². The van der Waals surface area contributed by atoms with E-state index < -0.39 is 0 Å². The molecule has 0 spiro atoms. The van der Waals surface area contributed by atoms with Gasteiger partial charge in [-0.15, -0.1) is 0 Å². The molecule has 1 heterocycles. The fourth-order valence-electron chi connectivity index (χ4n) is 2.26. The first-order chi connectivity index (χ1) is 8.49. The lowest BCUT2D eigenvalue weighted by Crippen LogP contribution is -2.27. The Balaban J connectivity index is 2.84. The van der Waals surface area contributed by atoms with Crippen LogP contribution in [-0.4, -0.2) is 34.5 Å². The van der Waals surface area contributed by atoms with Gasteiger partial charge < -0.3 is 9.88 Å². The van der Waals surface area contributed by atoms with Gasteiger partial charge in [0.05, 0.1) is 0 Å². The average Bonchev–Trinajstić information content (AvgIpc) is 2.28. The van der Waals surface area contributed by atoms with Crippen molar-refractivity contribution in [2.45, 2.75) is 47.0 Å². The van der Waals surface area contributed by atoms with Gasteiger partial charge in [0.2, 0.25) is 0 Å². The minimum absolute atomic E-state index is 0.0204. The Kier molecular flexibility index (Phi) is 5.54. The standard InChI is InChI=1S/C14H25N3O/c1-6-17(7-2)9-8-12-15-11(5)13(10(3)4)14(18)16-12/h10H,6-9H2,1-5H3,(H,15,16,18). The predicted octanol–water partition coefficient (Wildman–Crippen LogP) is 2.09. The van der Waals surface area contributed by atoms with Crippen LogP contribution in [0, 0.1) is 6.92 Å². The van der Waals surface area contributed by atoms with Crippen molar-refractivity contribution in [1.29, 1.82) is 0 Å². The molecule has 0 unspecified atom stereocenters. The number of aryl methyl sites for hydroxylation is 1. The number of aromatic amines is 1. The lowest BCUT2D eigenvalue weighted by molar-refractivity contribution is 0.305. The Labute approximate surface area is 109 Å². The number of hydrogen-bond acceptors (Lipinski definition) is 3. The Morgan fingerprint density at radius 2 is 1.89 bits per heavy atom. The molecule has 0 radical (unpaired) electrons. The fraction of sp³-hybridized carbons (Fsp3) is 0.714. The van der Waals surface area contributed by atoms with E-state index in [1.807, 2.05) is 20.8 Å². The van der Waals surface area contributed by atoms with Crippen molar-refractivity contribution in [3.8, 4) is 0 Å². The first kappa shape index (κ1) is 14.9. The van der Waals surface area contributed by atoms with E-state index in [-0.39, 0.29) is 11.5 Å². The van der Waals surface area contributed by atoms with E-state index in [1.54, 1.807) is 0 Å². The van der Waals surface area contributed by atoms with Gasteiger partial charge in [-0.2, -0.15) is 0 Å². The summed E-state index contributed by atoms with van der Waals surface area (Å²) in [7, 11) is 0. The zero-order chi connectivity index (χ0) is 13.7. The first-order valence-electron chi connectivity index (χ1n) is 6.81. The van der Waals surface area contributed by atoms with Gasteiger partial charge in [0.1, 0.15) is 5.82 Å². The summed E-state index contributed by atoms with van der Waals surface area (Å²) >= 11 is 0. The third kappa shape index (κ3) is 3.67. The predicted molar refractivity (Wildman–Crippen MR) is 75.2 cm³/mol. The maximum Gasteiger partial charge on any atom is 0.254 e. The van der Waals surface area contributed by atoms with E-state index in [1.165, 1.54) is 0 Å². The third-order valence-corrected chi connectivity index (χ3v) is 3.33. The monoisotopic (exact) mass is 251 g/mol. The van der Waals surface area contributed by atoms with Crippen LogP contribution < -0.4 is 5.56 Å². The minimum Gasteiger partial charge on any atom is -0.310 e. The maximum atomic E-state index is 12.0. The van der Waals surface area contributed by atoms with Crippen LogP contribution >= 0.6 is 0 Å². The Morgan fingerprint density at radius 1 is 1.28 bits per heavy atom. The fourth-order valence-corrected chi connectivity index (χ4v) is 2.26. The summed E-state index contributed by atoms with van der Waals surface area (Å²) < 4.78 is 0. The molecular formula is C14H25N3O. The van der Waals surface area contributed by atoms with Crippen LogP contribution in [0.25, 0.3) is 0 Å². The number of likely N-dealkylation sites (N-methyl/N-ethyl adjacent to an activating group) is 1.